The summed E-state index contributed by atoms with van der Waals surface area (Å²) in [6.07, 6.45) is -0.289. The number of amides is 2. The van der Waals surface area contributed by atoms with Crippen LogP contribution in [0.15, 0.2) is 133 Å². The van der Waals surface area contributed by atoms with Crippen LogP contribution in [0.2, 0.25) is 0 Å². The van der Waals surface area contributed by atoms with E-state index in [1.165, 1.54) is 0 Å². The first kappa shape index (κ1) is 34.9. The van der Waals surface area contributed by atoms with Crippen LogP contribution in [0.4, 0.5) is 10.5 Å². The van der Waals surface area contributed by atoms with Crippen LogP contribution in [0, 0.1) is 0 Å². The van der Waals surface area contributed by atoms with Crippen LogP contribution >= 0.6 is 11.8 Å². The molecule has 264 valence electrons. The molecule has 12 heteroatoms. The summed E-state index contributed by atoms with van der Waals surface area (Å²) in [5, 5.41) is 27.9. The molecule has 1 fully saturated rings. The van der Waals surface area contributed by atoms with E-state index < -0.39 is 6.29 Å². The molecular formula is C40H38N6O5S. The number of hydrogen-bond acceptors (Lipinski definition) is 9. The minimum atomic E-state index is -0.605. The molecular weight excluding hydrogens is 677 g/mol. The van der Waals surface area contributed by atoms with E-state index in [4.69, 9.17) is 14.2 Å². The van der Waals surface area contributed by atoms with Crippen LogP contribution < -0.4 is 15.4 Å². The molecule has 0 bridgehead atoms. The van der Waals surface area contributed by atoms with Crippen LogP contribution in [0.1, 0.15) is 41.1 Å². The highest BCUT2D eigenvalue weighted by Gasteiger charge is 2.32. The molecule has 5 aromatic carbocycles. The third kappa shape index (κ3) is 9.03. The van der Waals surface area contributed by atoms with E-state index in [-0.39, 0.29) is 24.8 Å². The quantitative estimate of drug-likeness (QED) is 0.109. The Bertz CT molecular complexity index is 2080. The van der Waals surface area contributed by atoms with Gasteiger partial charge in [0.05, 0.1) is 18.8 Å². The van der Waals surface area contributed by atoms with Gasteiger partial charge < -0.3 is 30.0 Å². The average molecular weight is 715 g/mol. The van der Waals surface area contributed by atoms with Crippen molar-refractivity contribution < 1.29 is 24.1 Å². The van der Waals surface area contributed by atoms with Crippen LogP contribution in [0.5, 0.6) is 11.5 Å². The first-order chi connectivity index (χ1) is 25.5. The number of benzene rings is 5. The van der Waals surface area contributed by atoms with Crippen molar-refractivity contribution in [3.63, 3.8) is 0 Å². The van der Waals surface area contributed by atoms with E-state index in [1.807, 2.05) is 104 Å². The summed E-state index contributed by atoms with van der Waals surface area (Å²) >= 11 is 1.54. The number of aryl methyl sites for hydroxylation is 1. The highest BCUT2D eigenvalue weighted by molar-refractivity contribution is 7.99. The van der Waals surface area contributed by atoms with Gasteiger partial charge in [0.2, 0.25) is 5.16 Å². The number of urea groups is 1. The highest BCUT2D eigenvalue weighted by atomic mass is 32.2. The van der Waals surface area contributed by atoms with Gasteiger partial charge in [0.25, 0.3) is 0 Å². The van der Waals surface area contributed by atoms with Crippen molar-refractivity contribution in [1.29, 1.82) is 0 Å². The van der Waals surface area contributed by atoms with E-state index in [2.05, 4.69) is 44.4 Å². The number of nitrogens with zero attached hydrogens (tertiary/aromatic N) is 4. The Morgan fingerprint density at radius 3 is 2.35 bits per heavy atom. The molecule has 6 aromatic rings. The average Bonchev–Trinajstić information content (AvgIpc) is 3.61. The van der Waals surface area contributed by atoms with Gasteiger partial charge in [-0.25, -0.2) is 9.48 Å². The lowest BCUT2D eigenvalue weighted by Crippen LogP contribution is -2.31. The maximum absolute atomic E-state index is 12.7. The summed E-state index contributed by atoms with van der Waals surface area (Å²) in [5.41, 5.74) is 6.38. The predicted octanol–water partition coefficient (Wildman–Crippen LogP) is 7.82. The molecule has 3 N–H and O–H groups in total. The Kier molecular flexibility index (Phi) is 11.2. The molecule has 0 aliphatic carbocycles. The number of aromatic nitrogens is 4. The van der Waals surface area contributed by atoms with Gasteiger partial charge in [0.15, 0.2) is 6.29 Å². The van der Waals surface area contributed by atoms with E-state index in [0.717, 1.165) is 39.1 Å². The molecule has 2 heterocycles. The lowest BCUT2D eigenvalue weighted by atomic mass is 9.99. The Labute approximate surface area is 305 Å². The summed E-state index contributed by atoms with van der Waals surface area (Å²) in [6, 6.07) is 40.5. The van der Waals surface area contributed by atoms with Crippen LogP contribution in [0.3, 0.4) is 0 Å². The van der Waals surface area contributed by atoms with Gasteiger partial charge in [-0.05, 0) is 86.8 Å². The molecule has 2 amide bonds. The molecule has 3 atom stereocenters. The minimum absolute atomic E-state index is 0.0136. The summed E-state index contributed by atoms with van der Waals surface area (Å²) in [6.45, 7) is 0.334. The second kappa shape index (κ2) is 16.7. The fourth-order valence-corrected chi connectivity index (χ4v) is 6.72. The monoisotopic (exact) mass is 714 g/mol. The van der Waals surface area contributed by atoms with Crippen molar-refractivity contribution in [2.75, 3.05) is 11.1 Å². The van der Waals surface area contributed by atoms with Crippen molar-refractivity contribution in [3.8, 4) is 22.6 Å². The van der Waals surface area contributed by atoms with E-state index in [9.17, 15) is 9.90 Å². The molecule has 1 saturated heterocycles. The summed E-state index contributed by atoms with van der Waals surface area (Å²) in [4.78, 5) is 12.7. The van der Waals surface area contributed by atoms with E-state index in [0.29, 0.717) is 35.3 Å². The van der Waals surface area contributed by atoms with Crippen molar-refractivity contribution >= 4 is 23.5 Å². The van der Waals surface area contributed by atoms with Crippen LogP contribution in [0.25, 0.3) is 11.1 Å². The van der Waals surface area contributed by atoms with Gasteiger partial charge in [-0.2, -0.15) is 0 Å². The van der Waals surface area contributed by atoms with Gasteiger partial charge in [-0.1, -0.05) is 90.6 Å². The zero-order valence-corrected chi connectivity index (χ0v) is 29.3. The maximum atomic E-state index is 12.7. The molecule has 1 aliphatic rings. The fraction of sp³-hybridized carbons (Fsp3) is 0.200. The number of para-hydroxylation sites is 1. The van der Waals surface area contributed by atoms with Gasteiger partial charge in [0, 0.05) is 37.0 Å². The minimum Gasteiger partial charge on any atom is -0.457 e. The zero-order valence-electron chi connectivity index (χ0n) is 28.5. The summed E-state index contributed by atoms with van der Waals surface area (Å²) < 4.78 is 20.6. The van der Waals surface area contributed by atoms with Crippen LogP contribution in [-0.2, 0) is 29.7 Å². The number of rotatable bonds is 12. The third-order valence-corrected chi connectivity index (χ3v) is 9.70. The second-order valence-electron chi connectivity index (χ2n) is 12.3. The van der Waals surface area contributed by atoms with Gasteiger partial charge in [-0.3, -0.25) is 0 Å². The largest absolute Gasteiger partial charge is 0.457 e. The lowest BCUT2D eigenvalue weighted by Gasteiger charge is -2.36. The number of carbonyl (C=O) groups excluding carboxylic acids is 1. The molecule has 1 aliphatic heterocycles. The number of aliphatic hydroxyl groups excluding tert-OH is 1. The molecule has 0 radical (unpaired) electrons. The number of aliphatic hydroxyl groups is 1. The summed E-state index contributed by atoms with van der Waals surface area (Å²) in [7, 11) is 1.82. The van der Waals surface area contributed by atoms with Crippen LogP contribution in [-0.4, -0.2) is 43.2 Å². The standard InChI is InChI=1S/C40H38N6O5S/c1-46-40(43-44-45-46)52-26-36-23-37(29-15-13-27(25-47)14-16-29)51-38(50-36)32-10-6-9-31(22-32)30-8-5-7-28(21-30)24-41-39(48)42-33-17-19-35(20-18-33)49-34-11-3-2-4-12-34/h2-22,36-38,47H,23-26H2,1H3,(H2,41,42,48)/t36-,37+,38+/m0/s1. The maximum Gasteiger partial charge on any atom is 0.319 e. The zero-order chi connectivity index (χ0) is 35.7. The van der Waals surface area contributed by atoms with E-state index in [1.54, 1.807) is 28.6 Å². The van der Waals surface area contributed by atoms with E-state index >= 15 is 0 Å². The Morgan fingerprint density at radius 1 is 0.846 bits per heavy atom. The van der Waals surface area contributed by atoms with Gasteiger partial charge in [0.1, 0.15) is 11.5 Å². The Hall–Kier alpha value is -5.53. The molecule has 52 heavy (non-hydrogen) atoms. The van der Waals surface area contributed by atoms with Gasteiger partial charge >= 0.3 is 6.03 Å². The SMILES string of the molecule is Cn1nnnc1SC[C@@H]1C[C@H](c2ccc(CO)cc2)O[C@H](c2cccc(-c3cccc(CNC(=O)Nc4ccc(Oc5ccccc5)cc4)c3)c2)O1. The van der Waals surface area contributed by atoms with Gasteiger partial charge in [-0.15, -0.1) is 5.10 Å². The van der Waals surface area contributed by atoms with Crippen molar-refractivity contribution in [3.05, 3.63) is 150 Å². The Morgan fingerprint density at radius 2 is 1.60 bits per heavy atom. The predicted molar refractivity (Wildman–Crippen MR) is 199 cm³/mol. The molecule has 1 aromatic heterocycles. The molecule has 0 unspecified atom stereocenters. The fourth-order valence-electron chi connectivity index (χ4n) is 5.85. The number of ether oxygens (including phenoxy) is 3. The first-order valence-electron chi connectivity index (χ1n) is 16.9. The number of anilines is 1. The number of hydrogen-bond donors (Lipinski definition) is 3. The number of nitrogens with one attached hydrogen (secondary N) is 2. The normalized spacial score (nSPS) is 17.0. The second-order valence-corrected chi connectivity index (χ2v) is 13.3. The molecule has 0 saturated carbocycles. The van der Waals surface area contributed by atoms with Crippen molar-refractivity contribution in [2.24, 2.45) is 7.05 Å². The number of tetrazole rings is 1. The molecule has 0 spiro atoms. The van der Waals surface area contributed by atoms with Crippen molar-refractivity contribution in [2.45, 2.75) is 43.2 Å². The molecule has 7 rings (SSSR count). The molecule has 11 nitrogen and oxygen atoms in total. The highest BCUT2D eigenvalue weighted by Crippen LogP contribution is 2.40. The smallest absolute Gasteiger partial charge is 0.319 e. The van der Waals surface area contributed by atoms with Crippen molar-refractivity contribution in [1.82, 2.24) is 25.5 Å². The Balaban J connectivity index is 1.00. The number of thioether (sulfide) groups is 1. The summed E-state index contributed by atoms with van der Waals surface area (Å²) in [5.74, 6) is 2.08. The topological polar surface area (TPSA) is 133 Å². The third-order valence-electron chi connectivity index (χ3n) is 8.56. The lowest BCUT2D eigenvalue weighted by molar-refractivity contribution is -0.245. The number of carbonyl (C=O) groups is 1. The first-order valence-corrected chi connectivity index (χ1v) is 17.9.